The van der Waals surface area contributed by atoms with Crippen LogP contribution in [0.5, 0.6) is 0 Å². The van der Waals surface area contributed by atoms with E-state index in [2.05, 4.69) is 10.2 Å². The van der Waals surface area contributed by atoms with E-state index >= 15 is 4.39 Å². The second-order valence-corrected chi connectivity index (χ2v) is 11.2. The average Bonchev–Trinajstić information content (AvgIpc) is 3.67. The van der Waals surface area contributed by atoms with Gasteiger partial charge in [-0.3, -0.25) is 9.69 Å². The fraction of sp³-hybridized carbons (Fsp3) is 0.433. The van der Waals surface area contributed by atoms with E-state index in [0.717, 1.165) is 24.0 Å². The molecule has 1 aliphatic heterocycles. The van der Waals surface area contributed by atoms with Crippen LogP contribution >= 0.6 is 0 Å². The minimum absolute atomic E-state index is 0.172. The summed E-state index contributed by atoms with van der Waals surface area (Å²) < 4.78 is 52.2. The van der Waals surface area contributed by atoms with Crippen LogP contribution in [0.1, 0.15) is 48.7 Å². The number of piperidine rings is 1. The largest absolute Gasteiger partial charge is 0.463 e. The Morgan fingerprint density at radius 1 is 1.21 bits per heavy atom. The Morgan fingerprint density at radius 2 is 2.00 bits per heavy atom. The first-order valence-corrected chi connectivity index (χ1v) is 13.4. The summed E-state index contributed by atoms with van der Waals surface area (Å²) in [6, 6.07) is 10.7. The summed E-state index contributed by atoms with van der Waals surface area (Å²) in [6.07, 6.45) is 4.26. The molecule has 3 heterocycles. The maximum absolute atomic E-state index is 16.7. The van der Waals surface area contributed by atoms with Gasteiger partial charge in [0.1, 0.15) is 18.2 Å². The fourth-order valence-corrected chi connectivity index (χ4v) is 5.90. The highest BCUT2D eigenvalue weighted by Crippen LogP contribution is 2.52. The molecule has 4 aromatic rings. The number of benzene rings is 2. The number of fused-ring (bicyclic) bond motifs is 1. The molecule has 1 unspecified atom stereocenters. The zero-order valence-corrected chi connectivity index (χ0v) is 22.3. The van der Waals surface area contributed by atoms with Crippen LogP contribution in [0.2, 0.25) is 0 Å². The second kappa shape index (κ2) is 9.33. The molecule has 1 saturated carbocycles. The maximum atomic E-state index is 16.7. The van der Waals surface area contributed by atoms with Crippen LogP contribution in [-0.4, -0.2) is 38.7 Å². The lowest BCUT2D eigenvalue weighted by Gasteiger charge is -2.36. The van der Waals surface area contributed by atoms with Crippen LogP contribution in [0.25, 0.3) is 22.1 Å². The molecule has 0 N–H and O–H groups in total. The zero-order valence-electron chi connectivity index (χ0n) is 22.3. The highest BCUT2D eigenvalue weighted by Gasteiger charge is 2.51. The van der Waals surface area contributed by atoms with Crippen LogP contribution in [0.3, 0.4) is 0 Å². The van der Waals surface area contributed by atoms with Crippen LogP contribution < -0.4 is 5.43 Å². The second-order valence-electron chi connectivity index (χ2n) is 11.2. The Kier molecular flexibility index (Phi) is 6.17. The number of hydrogen-bond donors (Lipinski definition) is 0. The highest BCUT2D eigenvalue weighted by atomic mass is 19.3. The Labute approximate surface area is 224 Å². The van der Waals surface area contributed by atoms with Gasteiger partial charge in [-0.15, -0.1) is 10.2 Å². The topological polar surface area (TPSA) is 64.2 Å². The van der Waals surface area contributed by atoms with Crippen LogP contribution in [0.15, 0.2) is 58.2 Å². The predicted octanol–water partition coefficient (Wildman–Crippen LogP) is 6.00. The summed E-state index contributed by atoms with van der Waals surface area (Å²) in [4.78, 5) is 15.8. The molecule has 0 radical (unpaired) electrons. The normalized spacial score (nSPS) is 21.2. The molecule has 2 aromatic carbocycles. The zero-order chi connectivity index (χ0) is 27.5. The van der Waals surface area contributed by atoms with Crippen molar-refractivity contribution in [2.75, 3.05) is 13.1 Å². The number of likely N-dealkylation sites (tertiary alicyclic amines) is 1. The number of rotatable bonds is 6. The van der Waals surface area contributed by atoms with Crippen molar-refractivity contribution >= 4 is 11.0 Å². The molecule has 2 aliphatic rings. The number of halogens is 3. The van der Waals surface area contributed by atoms with Gasteiger partial charge in [0.15, 0.2) is 11.5 Å². The van der Waals surface area contributed by atoms with E-state index in [-0.39, 0.29) is 23.6 Å². The third-order valence-electron chi connectivity index (χ3n) is 8.31. The highest BCUT2D eigenvalue weighted by molar-refractivity contribution is 5.84. The van der Waals surface area contributed by atoms with Crippen LogP contribution in [0.4, 0.5) is 13.2 Å². The molecule has 6 nitrogen and oxygen atoms in total. The summed E-state index contributed by atoms with van der Waals surface area (Å²) in [5, 5.41) is 8.39. The van der Waals surface area contributed by atoms with E-state index in [1.165, 1.54) is 12.6 Å². The van der Waals surface area contributed by atoms with Gasteiger partial charge in [-0.1, -0.05) is 31.2 Å². The Bertz CT molecular complexity index is 1610. The van der Waals surface area contributed by atoms with Crippen molar-refractivity contribution in [3.8, 4) is 11.1 Å². The van der Waals surface area contributed by atoms with E-state index in [4.69, 9.17) is 4.42 Å². The van der Waals surface area contributed by atoms with Crippen LogP contribution in [-0.2, 0) is 19.3 Å². The Morgan fingerprint density at radius 3 is 2.69 bits per heavy atom. The van der Waals surface area contributed by atoms with Crippen molar-refractivity contribution in [3.63, 3.8) is 0 Å². The molecule has 39 heavy (non-hydrogen) atoms. The van der Waals surface area contributed by atoms with E-state index in [1.54, 1.807) is 48.9 Å². The van der Waals surface area contributed by atoms with Gasteiger partial charge >= 0.3 is 0 Å². The molecule has 9 heteroatoms. The molecule has 0 spiro atoms. The molecule has 0 amide bonds. The van der Waals surface area contributed by atoms with Crippen molar-refractivity contribution in [3.05, 3.63) is 81.7 Å². The number of hydrogen-bond acceptors (Lipinski definition) is 5. The molecule has 1 aliphatic carbocycles. The monoisotopic (exact) mass is 536 g/mol. The van der Waals surface area contributed by atoms with Crippen molar-refractivity contribution in [1.82, 2.24) is 19.7 Å². The van der Waals surface area contributed by atoms with Crippen LogP contribution in [0, 0.1) is 18.8 Å². The minimum Gasteiger partial charge on any atom is -0.463 e. The lowest BCUT2D eigenvalue weighted by Crippen LogP contribution is -2.45. The van der Waals surface area contributed by atoms with Gasteiger partial charge in [0.25, 0.3) is 5.92 Å². The van der Waals surface area contributed by atoms with E-state index in [0.29, 0.717) is 47.3 Å². The molecular weight excluding hydrogens is 505 g/mol. The molecular formula is C30H31F3N4O2. The quantitative estimate of drug-likeness (QED) is 0.303. The van der Waals surface area contributed by atoms with Gasteiger partial charge in [0, 0.05) is 44.9 Å². The van der Waals surface area contributed by atoms with Gasteiger partial charge < -0.3 is 8.98 Å². The third-order valence-corrected chi connectivity index (χ3v) is 8.31. The standard InChI is InChI=1S/C30H31F3N4O2/c1-18-11-20(15-37-10-9-29(31,32)19(2)14-37)12-24-26(38)25(16-39-27(18)24)21-5-4-6-23(13-21)30(33,22-7-8-22)28-35-34-17-36(28)3/h4-6,11-13,16-17,19,22H,7-10,14-15H2,1-3H3/t19-,30?/m1/s1. The van der Waals surface area contributed by atoms with Crippen molar-refractivity contribution in [1.29, 1.82) is 0 Å². The molecule has 2 aromatic heterocycles. The van der Waals surface area contributed by atoms with Gasteiger partial charge in [0.2, 0.25) is 5.43 Å². The van der Waals surface area contributed by atoms with Crippen molar-refractivity contribution in [2.24, 2.45) is 18.9 Å². The van der Waals surface area contributed by atoms with E-state index in [1.807, 2.05) is 17.9 Å². The Balaban J connectivity index is 1.37. The third kappa shape index (κ3) is 4.46. The SMILES string of the molecule is Cc1cc(CN2CCC(F)(F)[C@H](C)C2)cc2c(=O)c(-c3cccc(C(F)(c4nncn4C)C4CC4)c3)coc12. The molecule has 6 rings (SSSR count). The summed E-state index contributed by atoms with van der Waals surface area (Å²) in [5.74, 6) is -3.33. The average molecular weight is 537 g/mol. The number of aromatic nitrogens is 3. The van der Waals surface area contributed by atoms with Gasteiger partial charge in [-0.2, -0.15) is 0 Å². The van der Waals surface area contributed by atoms with E-state index in [9.17, 15) is 13.6 Å². The Hall–Kier alpha value is -3.46. The number of aryl methyl sites for hydroxylation is 2. The minimum atomic E-state index is -2.65. The van der Waals surface area contributed by atoms with Crippen molar-refractivity contribution in [2.45, 2.75) is 51.2 Å². The van der Waals surface area contributed by atoms with Gasteiger partial charge in [-0.25, -0.2) is 13.2 Å². The summed E-state index contributed by atoms with van der Waals surface area (Å²) in [7, 11) is 1.73. The number of alkyl halides is 3. The van der Waals surface area contributed by atoms with Crippen molar-refractivity contribution < 1.29 is 17.6 Å². The van der Waals surface area contributed by atoms with Gasteiger partial charge in [-0.05, 0) is 54.2 Å². The summed E-state index contributed by atoms with van der Waals surface area (Å²) >= 11 is 0. The molecule has 204 valence electrons. The molecule has 2 fully saturated rings. The lowest BCUT2D eigenvalue weighted by atomic mass is 9.87. The first-order valence-electron chi connectivity index (χ1n) is 13.4. The first kappa shape index (κ1) is 25.8. The first-order chi connectivity index (χ1) is 18.6. The molecule has 2 atom stereocenters. The van der Waals surface area contributed by atoms with E-state index < -0.39 is 17.5 Å². The summed E-state index contributed by atoms with van der Waals surface area (Å²) in [5.41, 5.74) is 1.45. The fourth-order valence-electron chi connectivity index (χ4n) is 5.90. The molecule has 0 bridgehead atoms. The smallest absolute Gasteiger partial charge is 0.253 e. The van der Waals surface area contributed by atoms with Gasteiger partial charge in [0.05, 0.1) is 10.9 Å². The summed E-state index contributed by atoms with van der Waals surface area (Å²) in [6.45, 7) is 4.51. The number of nitrogens with zero attached hydrogens (tertiary/aromatic N) is 4. The molecule has 1 saturated heterocycles. The predicted molar refractivity (Wildman–Crippen MR) is 142 cm³/mol. The lowest BCUT2D eigenvalue weighted by molar-refractivity contribution is -0.100. The maximum Gasteiger partial charge on any atom is 0.253 e.